The highest BCUT2D eigenvalue weighted by Gasteiger charge is 2.58. The molecule has 0 aromatic carbocycles. The first-order chi connectivity index (χ1) is 7.86. The zero-order chi connectivity index (χ0) is 13.1. The number of carbonyl (C=O) groups excluding carboxylic acids is 1. The molecule has 0 aromatic heterocycles. The van der Waals surface area contributed by atoms with Gasteiger partial charge >= 0.3 is 6.18 Å². The van der Waals surface area contributed by atoms with Gasteiger partial charge in [-0.3, -0.25) is 4.79 Å². The van der Waals surface area contributed by atoms with E-state index in [0.717, 1.165) is 0 Å². The minimum atomic E-state index is -4.35. The van der Waals surface area contributed by atoms with Crippen molar-refractivity contribution in [2.45, 2.75) is 12.6 Å². The van der Waals surface area contributed by atoms with Gasteiger partial charge in [0.05, 0.1) is 13.2 Å². The summed E-state index contributed by atoms with van der Waals surface area (Å²) in [7, 11) is 2.83. The Bertz CT molecular complexity index is 283. The third-order valence-corrected chi connectivity index (χ3v) is 3.06. The summed E-state index contributed by atoms with van der Waals surface area (Å²) in [6.45, 7) is -0.533. The van der Waals surface area contributed by atoms with Crippen molar-refractivity contribution < 1.29 is 22.7 Å². The maximum atomic E-state index is 13.0. The largest absolute Gasteiger partial charge is 0.398 e. The number of likely N-dealkylation sites (N-methyl/N-ethyl adjacent to an activating group) is 1. The molecule has 1 atom stereocenters. The number of carbonyl (C=O) groups is 1. The molecule has 1 aliphatic heterocycles. The lowest BCUT2D eigenvalue weighted by atomic mass is 9.87. The first-order valence-corrected chi connectivity index (χ1v) is 5.34. The monoisotopic (exact) mass is 254 g/mol. The highest BCUT2D eigenvalue weighted by molar-refractivity contribution is 5.78. The van der Waals surface area contributed by atoms with E-state index in [2.05, 4.69) is 10.1 Å². The van der Waals surface area contributed by atoms with Gasteiger partial charge in [0.1, 0.15) is 5.41 Å². The molecule has 100 valence electrons. The second-order valence-electron chi connectivity index (χ2n) is 4.31. The zero-order valence-corrected chi connectivity index (χ0v) is 9.93. The second kappa shape index (κ2) is 5.22. The Kier molecular flexibility index (Phi) is 4.37. The van der Waals surface area contributed by atoms with Crippen molar-refractivity contribution in [3.05, 3.63) is 0 Å². The van der Waals surface area contributed by atoms with Crippen LogP contribution in [0, 0.1) is 5.41 Å². The molecule has 1 aliphatic rings. The SMILES string of the molecule is CNCC(=O)N1CC[C@@](COC)(C(F)(F)F)C1. The summed E-state index contributed by atoms with van der Waals surface area (Å²) in [4.78, 5) is 12.8. The smallest absolute Gasteiger partial charge is 0.384 e. The minimum absolute atomic E-state index is 0.0565. The lowest BCUT2D eigenvalue weighted by molar-refractivity contribution is -0.232. The number of likely N-dealkylation sites (tertiary alicyclic amines) is 1. The average molecular weight is 254 g/mol. The summed E-state index contributed by atoms with van der Waals surface area (Å²) in [5, 5.41) is 2.64. The summed E-state index contributed by atoms with van der Waals surface area (Å²) < 4.78 is 43.6. The lowest BCUT2D eigenvalue weighted by Crippen LogP contribution is -2.46. The quantitative estimate of drug-likeness (QED) is 0.800. The molecule has 1 saturated heterocycles. The number of ether oxygens (including phenoxy) is 1. The van der Waals surface area contributed by atoms with Gasteiger partial charge in [-0.25, -0.2) is 0 Å². The first kappa shape index (κ1) is 14.2. The van der Waals surface area contributed by atoms with Crippen LogP contribution in [0.25, 0.3) is 0 Å². The normalized spacial score (nSPS) is 25.4. The molecular weight excluding hydrogens is 237 g/mol. The number of halogens is 3. The van der Waals surface area contributed by atoms with Crippen LogP contribution in [0.2, 0.25) is 0 Å². The Morgan fingerprint density at radius 3 is 2.65 bits per heavy atom. The molecular formula is C10H17F3N2O2. The molecule has 0 spiro atoms. The minimum Gasteiger partial charge on any atom is -0.384 e. The van der Waals surface area contributed by atoms with Crippen LogP contribution < -0.4 is 5.32 Å². The molecule has 4 nitrogen and oxygen atoms in total. The molecule has 0 aliphatic carbocycles. The molecule has 1 amide bonds. The van der Waals surface area contributed by atoms with E-state index in [1.165, 1.54) is 12.0 Å². The predicted octanol–water partition coefficient (Wildman–Crippen LogP) is 0.633. The third-order valence-electron chi connectivity index (χ3n) is 3.06. The van der Waals surface area contributed by atoms with Crippen LogP contribution in [-0.2, 0) is 9.53 Å². The van der Waals surface area contributed by atoms with E-state index in [-0.39, 0.29) is 32.0 Å². The van der Waals surface area contributed by atoms with Crippen LogP contribution >= 0.6 is 0 Å². The van der Waals surface area contributed by atoms with Crippen molar-refractivity contribution in [1.29, 1.82) is 0 Å². The maximum absolute atomic E-state index is 13.0. The van der Waals surface area contributed by atoms with Crippen molar-refractivity contribution in [1.82, 2.24) is 10.2 Å². The number of rotatable bonds is 4. The van der Waals surface area contributed by atoms with Crippen LogP contribution in [0.5, 0.6) is 0 Å². The average Bonchev–Trinajstić information content (AvgIpc) is 2.63. The van der Waals surface area contributed by atoms with E-state index in [4.69, 9.17) is 0 Å². The molecule has 0 unspecified atom stereocenters. The van der Waals surface area contributed by atoms with Crippen LogP contribution in [0.4, 0.5) is 13.2 Å². The number of methoxy groups -OCH3 is 1. The summed E-state index contributed by atoms with van der Waals surface area (Å²) in [6.07, 6.45) is -4.45. The highest BCUT2D eigenvalue weighted by atomic mass is 19.4. The molecule has 1 fully saturated rings. The van der Waals surface area contributed by atoms with E-state index < -0.39 is 18.2 Å². The van der Waals surface area contributed by atoms with Crippen molar-refractivity contribution in [3.8, 4) is 0 Å². The van der Waals surface area contributed by atoms with Gasteiger partial charge in [0.15, 0.2) is 0 Å². The van der Waals surface area contributed by atoms with Gasteiger partial charge in [-0.1, -0.05) is 0 Å². The van der Waals surface area contributed by atoms with Crippen LogP contribution in [0.3, 0.4) is 0 Å². The van der Waals surface area contributed by atoms with E-state index in [1.807, 2.05) is 0 Å². The lowest BCUT2D eigenvalue weighted by Gasteiger charge is -2.30. The van der Waals surface area contributed by atoms with E-state index in [9.17, 15) is 18.0 Å². The standard InChI is InChI=1S/C10H17F3N2O2/c1-14-5-8(16)15-4-3-9(6-15,7-17-2)10(11,12)13/h14H,3-7H2,1-2H3/t9-/m1/s1. The molecule has 1 N–H and O–H groups in total. The summed E-state index contributed by atoms with van der Waals surface area (Å²) in [5.41, 5.74) is -1.91. The highest BCUT2D eigenvalue weighted by Crippen LogP contribution is 2.45. The van der Waals surface area contributed by atoms with E-state index in [1.54, 1.807) is 7.05 Å². The molecule has 0 radical (unpaired) electrons. The fourth-order valence-corrected chi connectivity index (χ4v) is 2.06. The topological polar surface area (TPSA) is 41.6 Å². The third kappa shape index (κ3) is 2.90. The number of amides is 1. The first-order valence-electron chi connectivity index (χ1n) is 5.34. The van der Waals surface area contributed by atoms with Crippen molar-refractivity contribution in [2.24, 2.45) is 5.41 Å². The van der Waals surface area contributed by atoms with Gasteiger partial charge < -0.3 is 15.0 Å². The predicted molar refractivity (Wildman–Crippen MR) is 55.5 cm³/mol. The van der Waals surface area contributed by atoms with Gasteiger partial charge in [-0.15, -0.1) is 0 Å². The number of nitrogens with zero attached hydrogens (tertiary/aromatic N) is 1. The van der Waals surface area contributed by atoms with Crippen molar-refractivity contribution in [2.75, 3.05) is 40.4 Å². The Hall–Kier alpha value is -0.820. The number of nitrogens with one attached hydrogen (secondary N) is 1. The molecule has 1 heterocycles. The summed E-state index contributed by atoms with van der Waals surface area (Å²) in [5.74, 6) is -0.310. The Morgan fingerprint density at radius 1 is 1.53 bits per heavy atom. The molecule has 0 bridgehead atoms. The molecule has 7 heteroatoms. The number of hydrogen-bond acceptors (Lipinski definition) is 3. The molecule has 0 aromatic rings. The van der Waals surface area contributed by atoms with Crippen LogP contribution in [0.1, 0.15) is 6.42 Å². The summed E-state index contributed by atoms with van der Waals surface area (Å²) in [6, 6.07) is 0. The van der Waals surface area contributed by atoms with Crippen LogP contribution in [0.15, 0.2) is 0 Å². The molecule has 1 rings (SSSR count). The second-order valence-corrected chi connectivity index (χ2v) is 4.31. The van der Waals surface area contributed by atoms with Gasteiger partial charge in [-0.05, 0) is 13.5 Å². The van der Waals surface area contributed by atoms with Crippen LogP contribution in [-0.4, -0.2) is 57.4 Å². The Morgan fingerprint density at radius 2 is 2.18 bits per heavy atom. The zero-order valence-electron chi connectivity index (χ0n) is 9.93. The maximum Gasteiger partial charge on any atom is 0.398 e. The van der Waals surface area contributed by atoms with Gasteiger partial charge in [-0.2, -0.15) is 13.2 Å². The van der Waals surface area contributed by atoms with Crippen molar-refractivity contribution in [3.63, 3.8) is 0 Å². The molecule has 17 heavy (non-hydrogen) atoms. The van der Waals surface area contributed by atoms with Gasteiger partial charge in [0, 0.05) is 20.2 Å². The fraction of sp³-hybridized carbons (Fsp3) is 0.900. The van der Waals surface area contributed by atoms with E-state index in [0.29, 0.717) is 0 Å². The summed E-state index contributed by atoms with van der Waals surface area (Å²) >= 11 is 0. The Labute approximate surface area is 98.1 Å². The number of alkyl halides is 3. The molecule has 0 saturated carbocycles. The van der Waals surface area contributed by atoms with Crippen molar-refractivity contribution >= 4 is 5.91 Å². The fourth-order valence-electron chi connectivity index (χ4n) is 2.06. The Balaban J connectivity index is 2.75. The van der Waals surface area contributed by atoms with E-state index >= 15 is 0 Å². The number of hydrogen-bond donors (Lipinski definition) is 1. The van der Waals surface area contributed by atoms with Gasteiger partial charge in [0.25, 0.3) is 0 Å². The van der Waals surface area contributed by atoms with Gasteiger partial charge in [0.2, 0.25) is 5.91 Å².